The third-order valence-electron chi connectivity index (χ3n) is 5.00. The first-order valence-corrected chi connectivity index (χ1v) is 10.2. The van der Waals surface area contributed by atoms with Crippen molar-refractivity contribution in [2.45, 2.75) is 71.4 Å². The van der Waals surface area contributed by atoms with Crippen LogP contribution in [-0.4, -0.2) is 43.6 Å². The molecule has 1 saturated heterocycles. The number of hydrogen-bond acceptors (Lipinski definition) is 3. The smallest absolute Gasteiger partial charge is 0.214 e. The fraction of sp³-hybridized carbons (Fsp3) is 1.00. The first-order valence-electron chi connectivity index (χ1n) is 8.62. The van der Waals surface area contributed by atoms with Gasteiger partial charge in [0, 0.05) is 25.2 Å². The molecule has 4 nitrogen and oxygen atoms in total. The van der Waals surface area contributed by atoms with E-state index >= 15 is 0 Å². The van der Waals surface area contributed by atoms with Crippen molar-refractivity contribution in [3.63, 3.8) is 0 Å². The molecule has 1 N–H and O–H groups in total. The van der Waals surface area contributed by atoms with E-state index in [1.54, 1.807) is 4.31 Å². The molecular weight excluding hydrogens is 284 g/mol. The third-order valence-corrected chi connectivity index (χ3v) is 7.24. The van der Waals surface area contributed by atoms with E-state index in [0.29, 0.717) is 25.2 Å². The predicted molar refractivity (Wildman–Crippen MR) is 87.8 cm³/mol. The van der Waals surface area contributed by atoms with E-state index in [4.69, 9.17) is 0 Å². The Balaban J connectivity index is 1.77. The van der Waals surface area contributed by atoms with E-state index in [1.807, 2.05) is 13.8 Å². The van der Waals surface area contributed by atoms with Gasteiger partial charge in [-0.15, -0.1) is 0 Å². The first-order chi connectivity index (χ1) is 9.88. The van der Waals surface area contributed by atoms with Crippen LogP contribution in [0.15, 0.2) is 0 Å². The quantitative estimate of drug-likeness (QED) is 0.819. The van der Waals surface area contributed by atoms with Crippen LogP contribution in [0.1, 0.15) is 59.3 Å². The number of rotatable bonds is 6. The molecule has 21 heavy (non-hydrogen) atoms. The van der Waals surface area contributed by atoms with E-state index in [1.165, 1.54) is 25.7 Å². The Hall–Kier alpha value is -0.130. The van der Waals surface area contributed by atoms with Crippen LogP contribution in [-0.2, 0) is 10.0 Å². The minimum absolute atomic E-state index is 0.202. The van der Waals surface area contributed by atoms with E-state index in [2.05, 4.69) is 12.2 Å². The van der Waals surface area contributed by atoms with Gasteiger partial charge in [-0.3, -0.25) is 0 Å². The second-order valence-electron chi connectivity index (χ2n) is 7.35. The SMILES string of the molecule is CC(C)CS(=O)(=O)N1CCC(NC(C)C2CCCC2)CC1. The minimum Gasteiger partial charge on any atom is -0.311 e. The summed E-state index contributed by atoms with van der Waals surface area (Å²) in [6.07, 6.45) is 7.37. The highest BCUT2D eigenvalue weighted by Gasteiger charge is 2.30. The molecular formula is C16H32N2O2S. The number of nitrogens with one attached hydrogen (secondary N) is 1. The number of sulfonamides is 1. The van der Waals surface area contributed by atoms with Crippen molar-refractivity contribution in [3.05, 3.63) is 0 Å². The molecule has 0 aromatic carbocycles. The molecule has 2 rings (SSSR count). The van der Waals surface area contributed by atoms with Crippen LogP contribution in [0.5, 0.6) is 0 Å². The van der Waals surface area contributed by atoms with Gasteiger partial charge in [0.1, 0.15) is 0 Å². The van der Waals surface area contributed by atoms with Crippen LogP contribution in [0, 0.1) is 11.8 Å². The second kappa shape index (κ2) is 7.42. The number of piperidine rings is 1. The predicted octanol–water partition coefficient (Wildman–Crippen LogP) is 2.60. The Kier molecular flexibility index (Phi) is 6.09. The van der Waals surface area contributed by atoms with E-state index in [-0.39, 0.29) is 11.7 Å². The summed E-state index contributed by atoms with van der Waals surface area (Å²) >= 11 is 0. The van der Waals surface area contributed by atoms with E-state index < -0.39 is 10.0 Å². The molecule has 1 atom stereocenters. The van der Waals surface area contributed by atoms with E-state index in [0.717, 1.165) is 18.8 Å². The second-order valence-corrected chi connectivity index (χ2v) is 9.36. The third kappa shape index (κ3) is 4.93. The summed E-state index contributed by atoms with van der Waals surface area (Å²) in [6, 6.07) is 1.07. The van der Waals surface area contributed by atoms with Crippen LogP contribution in [0.25, 0.3) is 0 Å². The average Bonchev–Trinajstić information content (AvgIpc) is 2.91. The molecule has 1 saturated carbocycles. The van der Waals surface area contributed by atoms with Gasteiger partial charge in [-0.1, -0.05) is 26.7 Å². The lowest BCUT2D eigenvalue weighted by Gasteiger charge is -2.34. The maximum atomic E-state index is 12.2. The Bertz CT molecular complexity index is 408. The van der Waals surface area contributed by atoms with Crippen molar-refractivity contribution in [3.8, 4) is 0 Å². The molecule has 2 fully saturated rings. The fourth-order valence-corrected chi connectivity index (χ4v) is 5.61. The van der Waals surface area contributed by atoms with Gasteiger partial charge in [0.25, 0.3) is 0 Å². The summed E-state index contributed by atoms with van der Waals surface area (Å²) in [5, 5.41) is 3.75. The van der Waals surface area contributed by atoms with Gasteiger partial charge in [-0.2, -0.15) is 0 Å². The molecule has 124 valence electrons. The Labute approximate surface area is 130 Å². The zero-order valence-electron chi connectivity index (χ0n) is 13.8. The van der Waals surface area contributed by atoms with Gasteiger partial charge in [0.2, 0.25) is 10.0 Å². The molecule has 1 aliphatic carbocycles. The Morgan fingerprint density at radius 3 is 2.14 bits per heavy atom. The highest BCUT2D eigenvalue weighted by molar-refractivity contribution is 7.89. The van der Waals surface area contributed by atoms with Crippen LogP contribution >= 0.6 is 0 Å². The molecule has 0 aromatic rings. The molecule has 1 unspecified atom stereocenters. The average molecular weight is 317 g/mol. The lowest BCUT2D eigenvalue weighted by Crippen LogP contribution is -2.49. The van der Waals surface area contributed by atoms with Gasteiger partial charge in [0.05, 0.1) is 5.75 Å². The molecule has 0 bridgehead atoms. The van der Waals surface area contributed by atoms with Gasteiger partial charge in [-0.05, 0) is 44.4 Å². The molecule has 1 heterocycles. The van der Waals surface area contributed by atoms with Gasteiger partial charge in [-0.25, -0.2) is 12.7 Å². The van der Waals surface area contributed by atoms with Crippen LogP contribution in [0.4, 0.5) is 0 Å². The van der Waals surface area contributed by atoms with Gasteiger partial charge >= 0.3 is 0 Å². The Morgan fingerprint density at radius 2 is 1.62 bits per heavy atom. The standard InChI is InChI=1S/C16H32N2O2S/c1-13(2)12-21(19,20)18-10-8-16(9-11-18)17-14(3)15-6-4-5-7-15/h13-17H,4-12H2,1-3H3. The monoisotopic (exact) mass is 316 g/mol. The van der Waals surface area contributed by atoms with Gasteiger partial charge < -0.3 is 5.32 Å². The van der Waals surface area contributed by atoms with Crippen molar-refractivity contribution in [2.24, 2.45) is 11.8 Å². The zero-order valence-corrected chi connectivity index (χ0v) is 14.7. The van der Waals surface area contributed by atoms with Crippen molar-refractivity contribution in [1.82, 2.24) is 9.62 Å². The lowest BCUT2D eigenvalue weighted by molar-refractivity contribution is 0.252. The summed E-state index contributed by atoms with van der Waals surface area (Å²) in [6.45, 7) is 7.61. The highest BCUT2D eigenvalue weighted by Crippen LogP contribution is 2.28. The number of nitrogens with zero attached hydrogens (tertiary/aromatic N) is 1. The molecule has 0 aromatic heterocycles. The topological polar surface area (TPSA) is 49.4 Å². The fourth-order valence-electron chi connectivity index (χ4n) is 3.79. The van der Waals surface area contributed by atoms with Crippen LogP contribution in [0.3, 0.4) is 0 Å². The van der Waals surface area contributed by atoms with Crippen LogP contribution < -0.4 is 5.32 Å². The van der Waals surface area contributed by atoms with Crippen molar-refractivity contribution in [2.75, 3.05) is 18.8 Å². The van der Waals surface area contributed by atoms with Crippen LogP contribution in [0.2, 0.25) is 0 Å². The van der Waals surface area contributed by atoms with Crippen molar-refractivity contribution < 1.29 is 8.42 Å². The van der Waals surface area contributed by atoms with E-state index in [9.17, 15) is 8.42 Å². The Morgan fingerprint density at radius 1 is 1.05 bits per heavy atom. The summed E-state index contributed by atoms with van der Waals surface area (Å²) in [5.41, 5.74) is 0. The normalized spacial score (nSPS) is 24.8. The summed E-state index contributed by atoms with van der Waals surface area (Å²) in [4.78, 5) is 0. The van der Waals surface area contributed by atoms with Gasteiger partial charge in [0.15, 0.2) is 0 Å². The molecule has 5 heteroatoms. The maximum absolute atomic E-state index is 12.2. The zero-order chi connectivity index (χ0) is 15.5. The van der Waals surface area contributed by atoms with Crippen molar-refractivity contribution in [1.29, 1.82) is 0 Å². The van der Waals surface area contributed by atoms with Crippen molar-refractivity contribution >= 4 is 10.0 Å². The number of hydrogen-bond donors (Lipinski definition) is 1. The molecule has 0 radical (unpaired) electrons. The summed E-state index contributed by atoms with van der Waals surface area (Å²) < 4.78 is 26.2. The first kappa shape index (κ1) is 17.2. The molecule has 1 aliphatic heterocycles. The highest BCUT2D eigenvalue weighted by atomic mass is 32.2. The molecule has 2 aliphatic rings. The molecule has 0 amide bonds. The maximum Gasteiger partial charge on any atom is 0.214 e. The summed E-state index contributed by atoms with van der Waals surface area (Å²) in [7, 11) is -3.04. The largest absolute Gasteiger partial charge is 0.311 e. The molecule has 0 spiro atoms. The summed E-state index contributed by atoms with van der Waals surface area (Å²) in [5.74, 6) is 1.31. The lowest BCUT2D eigenvalue weighted by atomic mass is 9.97. The minimum atomic E-state index is -3.04.